The zero-order chi connectivity index (χ0) is 27.8. The van der Waals surface area contributed by atoms with Crippen LogP contribution in [0.2, 0.25) is 0 Å². The van der Waals surface area contributed by atoms with Crippen LogP contribution in [0.5, 0.6) is 6.01 Å². The number of nitrogens with two attached hydrogens (primary N) is 1. The molecule has 0 atom stereocenters. The first-order valence-electron chi connectivity index (χ1n) is 13.9. The number of aromatic nitrogens is 4. The van der Waals surface area contributed by atoms with E-state index >= 15 is 0 Å². The number of nitrogen functional groups attached to an aromatic ring is 1. The maximum atomic E-state index is 12.8. The van der Waals surface area contributed by atoms with E-state index in [-0.39, 0.29) is 29.9 Å². The molecule has 1 aliphatic heterocycles. The van der Waals surface area contributed by atoms with Gasteiger partial charge in [0.25, 0.3) is 0 Å². The molecule has 3 heterocycles. The van der Waals surface area contributed by atoms with Gasteiger partial charge in [0, 0.05) is 38.8 Å². The molecule has 3 aromatic rings. The lowest BCUT2D eigenvalue weighted by atomic mass is 10.0. The standard InChI is InChI=1S/C28H41N7O4/c1-4-6-15-39-27-31-25(29)24-26(32-27)35(28(37)30-24)14-7-13-34(22-18-33(19-22)12-5-2)17-21-10-8-20(9-11-21)16-23(36)38-3/h8-11,22H,4-7,12-19H2,1-3H3,(H,30,37)(H2,29,31,32). The number of ether oxygens (including phenoxy) is 2. The van der Waals surface area contributed by atoms with Crippen molar-refractivity contribution in [2.45, 2.75) is 65.1 Å². The fraction of sp³-hybridized carbons (Fsp3) is 0.571. The summed E-state index contributed by atoms with van der Waals surface area (Å²) in [6.07, 6.45) is 4.08. The second kappa shape index (κ2) is 13.6. The van der Waals surface area contributed by atoms with E-state index in [1.807, 2.05) is 12.1 Å². The predicted octanol–water partition coefficient (Wildman–Crippen LogP) is 2.58. The number of hydrogen-bond acceptors (Lipinski definition) is 9. The second-order valence-corrected chi connectivity index (χ2v) is 10.2. The lowest BCUT2D eigenvalue weighted by Crippen LogP contribution is -2.59. The average Bonchev–Trinajstić information content (AvgIpc) is 3.22. The smallest absolute Gasteiger partial charge is 0.327 e. The van der Waals surface area contributed by atoms with Gasteiger partial charge in [-0.25, -0.2) is 4.79 Å². The largest absolute Gasteiger partial charge is 0.469 e. The van der Waals surface area contributed by atoms with Crippen molar-refractivity contribution < 1.29 is 14.3 Å². The number of rotatable bonds is 15. The van der Waals surface area contributed by atoms with Crippen molar-refractivity contribution in [3.8, 4) is 6.01 Å². The van der Waals surface area contributed by atoms with Crippen molar-refractivity contribution in [3.05, 3.63) is 45.9 Å². The summed E-state index contributed by atoms with van der Waals surface area (Å²) in [7, 11) is 1.40. The van der Waals surface area contributed by atoms with Gasteiger partial charge >= 0.3 is 17.7 Å². The first-order chi connectivity index (χ1) is 18.9. The van der Waals surface area contributed by atoms with Gasteiger partial charge in [0.05, 0.1) is 20.1 Å². The summed E-state index contributed by atoms with van der Waals surface area (Å²) in [5, 5.41) is 0. The third kappa shape index (κ3) is 7.36. The molecular weight excluding hydrogens is 498 g/mol. The van der Waals surface area contributed by atoms with Gasteiger partial charge in [0.1, 0.15) is 5.52 Å². The summed E-state index contributed by atoms with van der Waals surface area (Å²) < 4.78 is 12.1. The lowest BCUT2D eigenvalue weighted by molar-refractivity contribution is -0.139. The van der Waals surface area contributed by atoms with E-state index < -0.39 is 0 Å². The number of imidazole rings is 1. The molecule has 0 bridgehead atoms. The quantitative estimate of drug-likeness (QED) is 0.221. The van der Waals surface area contributed by atoms with Gasteiger partial charge in [-0.3, -0.25) is 14.3 Å². The van der Waals surface area contributed by atoms with Crippen LogP contribution in [0.4, 0.5) is 5.82 Å². The minimum Gasteiger partial charge on any atom is -0.469 e. The topological polar surface area (TPSA) is 132 Å². The van der Waals surface area contributed by atoms with Crippen molar-refractivity contribution >= 4 is 23.0 Å². The Morgan fingerprint density at radius 2 is 1.85 bits per heavy atom. The van der Waals surface area contributed by atoms with Gasteiger partial charge in [0.15, 0.2) is 11.5 Å². The van der Waals surface area contributed by atoms with Crippen molar-refractivity contribution in [2.24, 2.45) is 0 Å². The van der Waals surface area contributed by atoms with Crippen LogP contribution in [0.1, 0.15) is 50.7 Å². The molecule has 1 fully saturated rings. The van der Waals surface area contributed by atoms with E-state index in [0.29, 0.717) is 30.4 Å². The van der Waals surface area contributed by atoms with Crippen molar-refractivity contribution in [1.82, 2.24) is 29.3 Å². The number of nitrogens with zero attached hydrogens (tertiary/aromatic N) is 5. The van der Waals surface area contributed by atoms with E-state index in [4.69, 9.17) is 15.2 Å². The molecule has 0 amide bonds. The van der Waals surface area contributed by atoms with Crippen LogP contribution >= 0.6 is 0 Å². The molecule has 212 valence electrons. The molecule has 0 aliphatic carbocycles. The number of hydrogen-bond donors (Lipinski definition) is 2. The van der Waals surface area contributed by atoms with Gasteiger partial charge < -0.3 is 25.1 Å². The van der Waals surface area contributed by atoms with Gasteiger partial charge in [0.2, 0.25) is 0 Å². The number of H-pyrrole nitrogens is 1. The number of anilines is 1. The number of esters is 1. The molecule has 2 aromatic heterocycles. The highest BCUT2D eigenvalue weighted by atomic mass is 16.5. The van der Waals surface area contributed by atoms with E-state index in [1.165, 1.54) is 12.7 Å². The van der Waals surface area contributed by atoms with Gasteiger partial charge in [-0.2, -0.15) is 9.97 Å². The van der Waals surface area contributed by atoms with Crippen molar-refractivity contribution in [2.75, 3.05) is 45.6 Å². The number of unbranched alkanes of at least 4 members (excludes halogenated alkanes) is 1. The average molecular weight is 540 g/mol. The summed E-state index contributed by atoms with van der Waals surface area (Å²) in [6.45, 7) is 10.1. The molecule has 0 radical (unpaired) electrons. The van der Waals surface area contributed by atoms with Gasteiger partial charge in [-0.1, -0.05) is 44.5 Å². The number of fused-ring (bicyclic) bond motifs is 1. The zero-order valence-electron chi connectivity index (χ0n) is 23.3. The summed E-state index contributed by atoms with van der Waals surface area (Å²) in [5.74, 6) is -0.0286. The number of carbonyl (C=O) groups excluding carboxylic acids is 1. The minimum atomic E-state index is -0.248. The third-order valence-electron chi connectivity index (χ3n) is 7.17. The highest BCUT2D eigenvalue weighted by Crippen LogP contribution is 2.21. The molecule has 3 N–H and O–H groups in total. The van der Waals surface area contributed by atoms with E-state index in [0.717, 1.165) is 64.0 Å². The lowest BCUT2D eigenvalue weighted by Gasteiger charge is -2.45. The number of methoxy groups -OCH3 is 1. The molecule has 1 aromatic carbocycles. The Kier molecular flexibility index (Phi) is 9.94. The van der Waals surface area contributed by atoms with E-state index in [1.54, 1.807) is 4.57 Å². The first-order valence-corrected chi connectivity index (χ1v) is 13.9. The molecular formula is C28H41N7O4. The van der Waals surface area contributed by atoms with Crippen LogP contribution in [-0.2, 0) is 29.0 Å². The number of likely N-dealkylation sites (tertiary alicyclic amines) is 1. The Labute approximate surface area is 229 Å². The fourth-order valence-electron chi connectivity index (χ4n) is 4.94. The zero-order valence-corrected chi connectivity index (χ0v) is 23.3. The SMILES string of the molecule is CCCCOc1nc(N)c2[nH]c(=O)n(CCCN(Cc3ccc(CC(=O)OC)cc3)C3CN(CCC)C3)c2n1. The van der Waals surface area contributed by atoms with Crippen LogP contribution < -0.4 is 16.2 Å². The fourth-order valence-corrected chi connectivity index (χ4v) is 4.94. The Bertz CT molecular complexity index is 1280. The summed E-state index contributed by atoms with van der Waals surface area (Å²) >= 11 is 0. The molecule has 11 heteroatoms. The number of nitrogens with one attached hydrogen (secondary N) is 1. The molecule has 0 unspecified atom stereocenters. The first kappa shape index (κ1) is 28.6. The molecule has 0 saturated carbocycles. The number of benzene rings is 1. The number of aromatic amines is 1. The second-order valence-electron chi connectivity index (χ2n) is 10.2. The van der Waals surface area contributed by atoms with Crippen molar-refractivity contribution in [1.29, 1.82) is 0 Å². The highest BCUT2D eigenvalue weighted by molar-refractivity contribution is 5.81. The van der Waals surface area contributed by atoms with Gasteiger partial charge in [-0.15, -0.1) is 0 Å². The Balaban J connectivity index is 1.44. The Morgan fingerprint density at radius 3 is 2.54 bits per heavy atom. The molecule has 4 rings (SSSR count). The monoisotopic (exact) mass is 539 g/mol. The predicted molar refractivity (Wildman–Crippen MR) is 151 cm³/mol. The van der Waals surface area contributed by atoms with E-state index in [9.17, 15) is 9.59 Å². The molecule has 1 saturated heterocycles. The minimum absolute atomic E-state index is 0.198. The highest BCUT2D eigenvalue weighted by Gasteiger charge is 2.31. The van der Waals surface area contributed by atoms with Crippen LogP contribution in [-0.4, -0.2) is 81.2 Å². The maximum Gasteiger partial charge on any atom is 0.327 e. The van der Waals surface area contributed by atoms with Crippen LogP contribution in [0, 0.1) is 0 Å². The van der Waals surface area contributed by atoms with Gasteiger partial charge in [-0.05, 0) is 36.9 Å². The molecule has 39 heavy (non-hydrogen) atoms. The maximum absolute atomic E-state index is 12.8. The Hall–Kier alpha value is -3.44. The van der Waals surface area contributed by atoms with Crippen LogP contribution in [0.15, 0.2) is 29.1 Å². The summed E-state index contributed by atoms with van der Waals surface area (Å²) in [5.41, 5.74) is 8.90. The Morgan fingerprint density at radius 1 is 1.10 bits per heavy atom. The van der Waals surface area contributed by atoms with Crippen molar-refractivity contribution in [3.63, 3.8) is 0 Å². The molecule has 11 nitrogen and oxygen atoms in total. The number of carbonyl (C=O) groups is 1. The van der Waals surface area contributed by atoms with Crippen LogP contribution in [0.25, 0.3) is 11.2 Å². The number of aryl methyl sites for hydroxylation is 1. The normalized spacial score (nSPS) is 14.2. The van der Waals surface area contributed by atoms with Crippen LogP contribution in [0.3, 0.4) is 0 Å². The molecule has 0 spiro atoms. The third-order valence-corrected chi connectivity index (χ3v) is 7.17. The van der Waals surface area contributed by atoms with E-state index in [2.05, 4.69) is 50.7 Å². The summed E-state index contributed by atoms with van der Waals surface area (Å²) in [4.78, 5) is 40.8. The summed E-state index contributed by atoms with van der Waals surface area (Å²) in [6, 6.07) is 8.80. The molecule has 1 aliphatic rings.